The second kappa shape index (κ2) is 6.44. The number of pyridine rings is 1. The molecule has 1 aliphatic rings. The maximum Gasteiger partial charge on any atom is 0.129 e. The zero-order valence-corrected chi connectivity index (χ0v) is 13.1. The molecule has 1 aromatic carbocycles. The van der Waals surface area contributed by atoms with Crippen LogP contribution < -0.4 is 10.2 Å². The van der Waals surface area contributed by atoms with E-state index in [2.05, 4.69) is 47.5 Å². The molecule has 3 nitrogen and oxygen atoms in total. The Morgan fingerprint density at radius 3 is 2.81 bits per heavy atom. The highest BCUT2D eigenvalue weighted by molar-refractivity contribution is 5.84. The second-order valence-corrected chi connectivity index (χ2v) is 6.08. The summed E-state index contributed by atoms with van der Waals surface area (Å²) in [6, 6.07) is 10.7. The molecule has 1 aliphatic carbocycles. The van der Waals surface area contributed by atoms with Gasteiger partial charge in [-0.3, -0.25) is 0 Å². The smallest absolute Gasteiger partial charge is 0.129 e. The number of rotatable bonds is 7. The zero-order valence-electron chi connectivity index (χ0n) is 13.1. The fourth-order valence-electron chi connectivity index (χ4n) is 2.91. The summed E-state index contributed by atoms with van der Waals surface area (Å²) in [6.07, 6.45) is 3.94. The molecule has 1 heterocycles. The van der Waals surface area contributed by atoms with E-state index in [9.17, 15) is 0 Å². The van der Waals surface area contributed by atoms with E-state index in [4.69, 9.17) is 4.98 Å². The van der Waals surface area contributed by atoms with Crippen molar-refractivity contribution in [3.63, 3.8) is 0 Å². The van der Waals surface area contributed by atoms with E-state index < -0.39 is 0 Å². The van der Waals surface area contributed by atoms with Gasteiger partial charge in [-0.1, -0.05) is 25.1 Å². The third kappa shape index (κ3) is 3.35. The van der Waals surface area contributed by atoms with Gasteiger partial charge in [0.2, 0.25) is 0 Å². The van der Waals surface area contributed by atoms with Crippen molar-refractivity contribution in [2.75, 3.05) is 25.0 Å². The molecule has 0 saturated heterocycles. The topological polar surface area (TPSA) is 28.2 Å². The summed E-state index contributed by atoms with van der Waals surface area (Å²) in [4.78, 5) is 7.39. The predicted molar refractivity (Wildman–Crippen MR) is 89.7 cm³/mol. The van der Waals surface area contributed by atoms with Crippen molar-refractivity contribution in [2.24, 2.45) is 5.92 Å². The lowest BCUT2D eigenvalue weighted by molar-refractivity contribution is 0.699. The van der Waals surface area contributed by atoms with Crippen LogP contribution in [-0.2, 0) is 6.54 Å². The number of fused-ring (bicyclic) bond motifs is 1. The van der Waals surface area contributed by atoms with E-state index in [0.29, 0.717) is 0 Å². The van der Waals surface area contributed by atoms with Crippen molar-refractivity contribution in [3.8, 4) is 0 Å². The minimum atomic E-state index is 0.887. The minimum Gasteiger partial charge on any atom is -0.356 e. The lowest BCUT2D eigenvalue weighted by atomic mass is 10.1. The van der Waals surface area contributed by atoms with Gasteiger partial charge in [-0.15, -0.1) is 0 Å². The van der Waals surface area contributed by atoms with E-state index >= 15 is 0 Å². The number of para-hydroxylation sites is 1. The van der Waals surface area contributed by atoms with Crippen molar-refractivity contribution >= 4 is 16.7 Å². The molecule has 0 amide bonds. The molecule has 112 valence electrons. The summed E-state index contributed by atoms with van der Waals surface area (Å²) in [6.45, 7) is 5.40. The first-order valence-electron chi connectivity index (χ1n) is 8.10. The molecule has 3 heteroatoms. The van der Waals surface area contributed by atoms with Gasteiger partial charge in [0.15, 0.2) is 0 Å². The van der Waals surface area contributed by atoms with Crippen LogP contribution in [0.15, 0.2) is 30.3 Å². The summed E-state index contributed by atoms with van der Waals surface area (Å²) in [5, 5.41) is 4.54. The van der Waals surface area contributed by atoms with Gasteiger partial charge in [0.05, 0.1) is 5.52 Å². The number of hydrogen-bond donors (Lipinski definition) is 1. The monoisotopic (exact) mass is 283 g/mol. The lowest BCUT2D eigenvalue weighted by Crippen LogP contribution is -2.27. The summed E-state index contributed by atoms with van der Waals surface area (Å²) in [5.41, 5.74) is 2.45. The highest BCUT2D eigenvalue weighted by Gasteiger charge is 2.25. The van der Waals surface area contributed by atoms with Crippen LogP contribution in [0.1, 0.15) is 31.7 Å². The number of hydrogen-bond acceptors (Lipinski definition) is 3. The summed E-state index contributed by atoms with van der Waals surface area (Å²) in [5.74, 6) is 2.03. The molecule has 0 bridgehead atoms. The second-order valence-electron chi connectivity index (χ2n) is 6.08. The average molecular weight is 283 g/mol. The third-order valence-corrected chi connectivity index (χ3v) is 4.15. The molecular weight excluding hydrogens is 258 g/mol. The van der Waals surface area contributed by atoms with Gasteiger partial charge in [-0.25, -0.2) is 4.98 Å². The predicted octanol–water partition coefficient (Wildman–Crippen LogP) is 3.58. The lowest BCUT2D eigenvalue weighted by Gasteiger charge is -2.24. The molecule has 1 N–H and O–H groups in total. The van der Waals surface area contributed by atoms with Gasteiger partial charge < -0.3 is 10.2 Å². The summed E-state index contributed by atoms with van der Waals surface area (Å²) >= 11 is 0. The summed E-state index contributed by atoms with van der Waals surface area (Å²) in [7, 11) is 2.00. The molecule has 1 aromatic heterocycles. The van der Waals surface area contributed by atoms with Gasteiger partial charge in [0.1, 0.15) is 5.82 Å². The van der Waals surface area contributed by atoms with E-state index in [1.807, 2.05) is 7.05 Å². The molecule has 0 unspecified atom stereocenters. The zero-order chi connectivity index (χ0) is 14.7. The average Bonchev–Trinajstić information content (AvgIpc) is 3.31. The van der Waals surface area contributed by atoms with Crippen molar-refractivity contribution < 1.29 is 0 Å². The fraction of sp³-hybridized carbons (Fsp3) is 0.500. The molecule has 0 spiro atoms. The Balaban J connectivity index is 1.99. The first kappa shape index (κ1) is 14.3. The maximum atomic E-state index is 4.92. The number of benzene rings is 1. The largest absolute Gasteiger partial charge is 0.356 e. The van der Waals surface area contributed by atoms with Crippen LogP contribution in [0.4, 0.5) is 5.82 Å². The van der Waals surface area contributed by atoms with Gasteiger partial charge in [0, 0.05) is 25.0 Å². The van der Waals surface area contributed by atoms with Crippen LogP contribution in [0.3, 0.4) is 0 Å². The van der Waals surface area contributed by atoms with E-state index in [-0.39, 0.29) is 0 Å². The van der Waals surface area contributed by atoms with Gasteiger partial charge in [0.25, 0.3) is 0 Å². The number of anilines is 1. The first-order chi connectivity index (χ1) is 10.3. The Labute approximate surface area is 127 Å². The molecular formula is C18H25N3. The van der Waals surface area contributed by atoms with Gasteiger partial charge >= 0.3 is 0 Å². The Morgan fingerprint density at radius 2 is 2.10 bits per heavy atom. The number of nitrogens with zero attached hydrogens (tertiary/aromatic N) is 2. The van der Waals surface area contributed by atoms with Crippen molar-refractivity contribution in [1.82, 2.24) is 10.3 Å². The maximum absolute atomic E-state index is 4.92. The molecule has 1 fully saturated rings. The molecule has 21 heavy (non-hydrogen) atoms. The van der Waals surface area contributed by atoms with Gasteiger partial charge in [-0.05, 0) is 49.9 Å². The standard InChI is InChI=1S/C18H25N3/c1-3-10-21(13-14-8-9-14)18-11-15(12-19-2)16-6-4-5-7-17(16)20-18/h4-7,11,14,19H,3,8-10,12-13H2,1-2H3. The molecule has 3 rings (SSSR count). The van der Waals surface area contributed by atoms with Crippen molar-refractivity contribution in [3.05, 3.63) is 35.9 Å². The summed E-state index contributed by atoms with van der Waals surface area (Å²) < 4.78 is 0. The van der Waals surface area contributed by atoms with Crippen LogP contribution in [0.25, 0.3) is 10.9 Å². The van der Waals surface area contributed by atoms with Crippen LogP contribution in [0.5, 0.6) is 0 Å². The SMILES string of the molecule is CCCN(CC1CC1)c1cc(CNC)c2ccccc2n1. The van der Waals surface area contributed by atoms with E-state index in [0.717, 1.165) is 36.9 Å². The van der Waals surface area contributed by atoms with Crippen LogP contribution in [0.2, 0.25) is 0 Å². The van der Waals surface area contributed by atoms with Crippen molar-refractivity contribution in [1.29, 1.82) is 0 Å². The quantitative estimate of drug-likeness (QED) is 0.842. The Hall–Kier alpha value is -1.61. The first-order valence-corrected chi connectivity index (χ1v) is 8.10. The van der Waals surface area contributed by atoms with Crippen LogP contribution >= 0.6 is 0 Å². The highest BCUT2D eigenvalue weighted by atomic mass is 15.2. The Kier molecular flexibility index (Phi) is 4.39. The molecule has 1 saturated carbocycles. The van der Waals surface area contributed by atoms with Crippen molar-refractivity contribution in [2.45, 2.75) is 32.7 Å². The minimum absolute atomic E-state index is 0.887. The Morgan fingerprint density at radius 1 is 1.29 bits per heavy atom. The Bertz CT molecular complexity index is 604. The van der Waals surface area contributed by atoms with Crippen LogP contribution in [-0.4, -0.2) is 25.1 Å². The highest BCUT2D eigenvalue weighted by Crippen LogP contribution is 2.32. The normalized spacial score (nSPS) is 14.6. The number of aromatic nitrogens is 1. The molecule has 0 atom stereocenters. The fourth-order valence-corrected chi connectivity index (χ4v) is 2.91. The molecule has 0 radical (unpaired) electrons. The molecule has 2 aromatic rings. The van der Waals surface area contributed by atoms with E-state index in [1.165, 1.54) is 30.2 Å². The van der Waals surface area contributed by atoms with Gasteiger partial charge in [-0.2, -0.15) is 0 Å². The number of nitrogens with one attached hydrogen (secondary N) is 1. The van der Waals surface area contributed by atoms with E-state index in [1.54, 1.807) is 0 Å². The third-order valence-electron chi connectivity index (χ3n) is 4.15. The molecule has 0 aliphatic heterocycles. The van der Waals surface area contributed by atoms with Crippen LogP contribution in [0, 0.1) is 5.92 Å².